The van der Waals surface area contributed by atoms with Gasteiger partial charge in [0, 0.05) is 55.0 Å². The van der Waals surface area contributed by atoms with Crippen LogP contribution < -0.4 is 5.32 Å². The minimum Gasteiger partial charge on any atom is -0.380 e. The molecule has 4 aromatic heterocycles. The summed E-state index contributed by atoms with van der Waals surface area (Å²) in [5.41, 5.74) is 3.44. The number of hydrogen-bond donors (Lipinski definition) is 1. The van der Waals surface area contributed by atoms with Crippen LogP contribution in [0.3, 0.4) is 0 Å². The van der Waals surface area contributed by atoms with E-state index in [-0.39, 0.29) is 1.43 Å². The first-order valence-corrected chi connectivity index (χ1v) is 8.76. The maximum atomic E-state index is 5.33. The van der Waals surface area contributed by atoms with Gasteiger partial charge in [0.1, 0.15) is 0 Å². The summed E-state index contributed by atoms with van der Waals surface area (Å²) in [7, 11) is 0. The maximum Gasteiger partial charge on any atom is 0.241 e. The van der Waals surface area contributed by atoms with E-state index in [0.717, 1.165) is 42.7 Å². The van der Waals surface area contributed by atoms with E-state index in [1.807, 2.05) is 46.0 Å². The smallest absolute Gasteiger partial charge is 0.241 e. The second-order valence-electron chi connectivity index (χ2n) is 7.36. The van der Waals surface area contributed by atoms with Crippen molar-refractivity contribution in [3.8, 4) is 11.1 Å². The van der Waals surface area contributed by atoms with E-state index in [4.69, 9.17) is 4.74 Å². The quantitative estimate of drug-likeness (QED) is 0.611. The third-order valence-corrected chi connectivity index (χ3v) is 5.48. The van der Waals surface area contributed by atoms with E-state index in [2.05, 4.69) is 25.4 Å². The Morgan fingerprint density at radius 1 is 1.15 bits per heavy atom. The molecule has 1 aliphatic heterocycles. The zero-order valence-electron chi connectivity index (χ0n) is 14.0. The summed E-state index contributed by atoms with van der Waals surface area (Å²) in [5, 5.41) is 8.05. The summed E-state index contributed by atoms with van der Waals surface area (Å²) in [4.78, 5) is 13.1. The lowest BCUT2D eigenvalue weighted by molar-refractivity contribution is -0.160. The Balaban J connectivity index is 0.00000160. The van der Waals surface area contributed by atoms with Gasteiger partial charge in [0.15, 0.2) is 0 Å². The number of nitrogens with one attached hydrogen (secondary N) is 1. The molecule has 0 bridgehead atoms. The van der Waals surface area contributed by atoms with Crippen LogP contribution in [-0.4, -0.2) is 48.2 Å². The van der Waals surface area contributed by atoms with Crippen molar-refractivity contribution in [2.45, 2.75) is 18.9 Å². The van der Waals surface area contributed by atoms with Crippen molar-refractivity contribution in [2.75, 3.05) is 18.5 Å². The molecule has 8 heteroatoms. The van der Waals surface area contributed by atoms with Crippen LogP contribution in [0.4, 0.5) is 5.95 Å². The zero-order chi connectivity index (χ0) is 17.1. The molecule has 2 aliphatic rings. The number of rotatable bonds is 3. The highest BCUT2D eigenvalue weighted by atomic mass is 16.5. The average molecular weight is 349 g/mol. The van der Waals surface area contributed by atoms with Crippen LogP contribution >= 0.6 is 0 Å². The summed E-state index contributed by atoms with van der Waals surface area (Å²) in [6.07, 6.45) is 13.6. The third-order valence-electron chi connectivity index (χ3n) is 5.48. The van der Waals surface area contributed by atoms with Crippen molar-refractivity contribution in [2.24, 2.45) is 5.41 Å². The molecule has 0 aromatic carbocycles. The third kappa shape index (κ3) is 2.05. The monoisotopic (exact) mass is 349 g/mol. The van der Waals surface area contributed by atoms with Crippen molar-refractivity contribution in [1.82, 2.24) is 29.0 Å². The summed E-state index contributed by atoms with van der Waals surface area (Å²) in [5.74, 6) is 1.36. The topological polar surface area (TPSA) is 81.6 Å². The average Bonchev–Trinajstić information content (AvgIpc) is 3.21. The van der Waals surface area contributed by atoms with Crippen LogP contribution in [0.15, 0.2) is 43.2 Å². The fourth-order valence-corrected chi connectivity index (χ4v) is 4.06. The first kappa shape index (κ1) is 14.2. The van der Waals surface area contributed by atoms with Crippen molar-refractivity contribution < 1.29 is 6.16 Å². The van der Waals surface area contributed by atoms with Gasteiger partial charge in [-0.1, -0.05) is 0 Å². The van der Waals surface area contributed by atoms with Crippen molar-refractivity contribution in [1.29, 1.82) is 0 Å². The zero-order valence-corrected chi connectivity index (χ0v) is 14.0. The van der Waals surface area contributed by atoms with Gasteiger partial charge in [0.25, 0.3) is 0 Å². The Kier molecular flexibility index (Phi) is 2.74. The molecule has 0 atom stereocenters. The highest BCUT2D eigenvalue weighted by Gasteiger charge is 2.49. The highest BCUT2D eigenvalue weighted by molar-refractivity contribution is 5.79. The fraction of sp³-hybridized carbons (Fsp3) is 0.333. The molecule has 1 saturated carbocycles. The van der Waals surface area contributed by atoms with Crippen LogP contribution in [0.1, 0.15) is 14.3 Å². The molecule has 5 heterocycles. The number of imidazole rings is 1. The van der Waals surface area contributed by atoms with E-state index >= 15 is 0 Å². The van der Waals surface area contributed by atoms with Gasteiger partial charge >= 0.3 is 0 Å². The van der Waals surface area contributed by atoms with Gasteiger partial charge in [-0.2, -0.15) is 0 Å². The van der Waals surface area contributed by atoms with Gasteiger partial charge in [0.05, 0.1) is 24.9 Å². The molecule has 2 fully saturated rings. The lowest BCUT2D eigenvalue weighted by Crippen LogP contribution is -2.56. The highest BCUT2D eigenvalue weighted by Crippen LogP contribution is 2.47. The lowest BCUT2D eigenvalue weighted by atomic mass is 9.64. The number of anilines is 1. The van der Waals surface area contributed by atoms with Crippen molar-refractivity contribution in [3.63, 3.8) is 0 Å². The molecule has 1 saturated heterocycles. The normalized spacial score (nSPS) is 18.9. The molecule has 1 aliphatic carbocycles. The Bertz CT molecular complexity index is 1130. The van der Waals surface area contributed by atoms with Gasteiger partial charge < -0.3 is 10.1 Å². The molecule has 4 aromatic rings. The minimum atomic E-state index is 0. The van der Waals surface area contributed by atoms with E-state index in [1.54, 1.807) is 6.20 Å². The maximum absolute atomic E-state index is 5.33. The largest absolute Gasteiger partial charge is 0.380 e. The molecule has 6 rings (SSSR count). The van der Waals surface area contributed by atoms with Gasteiger partial charge in [-0.25, -0.2) is 19.5 Å². The van der Waals surface area contributed by atoms with Crippen LogP contribution in [0, 0.1) is 5.41 Å². The fourth-order valence-electron chi connectivity index (χ4n) is 4.06. The first-order valence-electron chi connectivity index (χ1n) is 8.76. The summed E-state index contributed by atoms with van der Waals surface area (Å²) >= 11 is 0. The van der Waals surface area contributed by atoms with Gasteiger partial charge in [-0.3, -0.25) is 4.40 Å². The molecule has 1 N–H and O–H groups in total. The number of ether oxygens (including phenoxy) is 1. The molecular formula is C18H19N7O. The molecular weight excluding hydrogens is 330 g/mol. The Hall–Kier alpha value is -3.00. The lowest BCUT2D eigenvalue weighted by Gasteiger charge is -2.53. The number of nitrogens with zero attached hydrogens (tertiary/aromatic N) is 6. The van der Waals surface area contributed by atoms with Crippen LogP contribution in [0.25, 0.3) is 22.4 Å². The van der Waals surface area contributed by atoms with E-state index < -0.39 is 0 Å². The van der Waals surface area contributed by atoms with Gasteiger partial charge in [-0.05, 0) is 18.9 Å². The Morgan fingerprint density at radius 3 is 2.92 bits per heavy atom. The van der Waals surface area contributed by atoms with Gasteiger partial charge in [0.2, 0.25) is 11.7 Å². The van der Waals surface area contributed by atoms with E-state index in [9.17, 15) is 0 Å². The SMILES string of the molecule is [HH].c1cn2cc(-c3ccn4nc(NC5CC6(COC6)C5)ncc34)cnc2n1. The minimum absolute atomic E-state index is 0. The second-order valence-corrected chi connectivity index (χ2v) is 7.36. The molecule has 8 nitrogen and oxygen atoms in total. The Morgan fingerprint density at radius 2 is 2.08 bits per heavy atom. The molecule has 26 heavy (non-hydrogen) atoms. The summed E-state index contributed by atoms with van der Waals surface area (Å²) in [6, 6.07) is 2.48. The van der Waals surface area contributed by atoms with E-state index in [0.29, 0.717) is 23.2 Å². The van der Waals surface area contributed by atoms with Crippen LogP contribution in [0.2, 0.25) is 0 Å². The second kappa shape index (κ2) is 5.01. The standard InChI is InChI=1S/C18H17N7O.H2/c1-3-25-15(14(1)12-7-21-17-19-2-4-24(17)9-12)8-20-16(23-25)22-13-5-18(6-13)10-26-11-18;/h1-4,7-9,13H,5-6,10-11H2,(H,22,23);1H. The molecule has 1 spiro atoms. The number of fused-ring (bicyclic) bond motifs is 2. The molecule has 132 valence electrons. The first-order chi connectivity index (χ1) is 12.8. The van der Waals surface area contributed by atoms with E-state index in [1.165, 1.54) is 0 Å². The molecule has 0 unspecified atom stereocenters. The van der Waals surface area contributed by atoms with Crippen LogP contribution in [-0.2, 0) is 4.74 Å². The molecule has 0 amide bonds. The summed E-state index contributed by atoms with van der Waals surface area (Å²) in [6.45, 7) is 1.81. The predicted octanol–water partition coefficient (Wildman–Crippen LogP) is 2.28. The Labute approximate surface area is 150 Å². The predicted molar refractivity (Wildman–Crippen MR) is 97.0 cm³/mol. The van der Waals surface area contributed by atoms with Crippen LogP contribution in [0.5, 0.6) is 0 Å². The summed E-state index contributed by atoms with van der Waals surface area (Å²) < 4.78 is 9.10. The van der Waals surface area contributed by atoms with Gasteiger partial charge in [-0.15, -0.1) is 5.10 Å². The number of hydrogen-bond acceptors (Lipinski definition) is 6. The molecule has 0 radical (unpaired) electrons. The van der Waals surface area contributed by atoms with Crippen molar-refractivity contribution in [3.05, 3.63) is 43.2 Å². The van der Waals surface area contributed by atoms with Crippen molar-refractivity contribution >= 4 is 17.2 Å². The number of aromatic nitrogens is 6.